The van der Waals surface area contributed by atoms with E-state index in [1.165, 1.54) is 13.1 Å². The number of rotatable bonds is 5. The topological polar surface area (TPSA) is 111 Å². The minimum absolute atomic E-state index is 0.0173. The molecule has 7 nitrogen and oxygen atoms in total. The van der Waals surface area contributed by atoms with Crippen LogP contribution < -0.4 is 10.6 Å². The molecule has 0 fully saturated rings. The van der Waals surface area contributed by atoms with Crippen molar-refractivity contribution in [2.75, 3.05) is 5.32 Å². The number of aromatic carboxylic acids is 1. The number of nitrogens with one attached hydrogen (secondary N) is 3. The highest BCUT2D eigenvalue weighted by atomic mass is 16.4. The van der Waals surface area contributed by atoms with Gasteiger partial charge in [-0.05, 0) is 12.8 Å². The standard InChI is InChI=1S/C13H19N3O4/c1-6(2)11(15-8(4)17)12(18)16-9-5-14-7(3)10(9)13(19)20/h5-6,11,14H,1-4H3,(H,15,17)(H,16,18)(H,19,20). The Morgan fingerprint density at radius 2 is 1.90 bits per heavy atom. The number of carboxylic acid groups (broad SMARTS) is 1. The Labute approximate surface area is 116 Å². The number of aryl methyl sites for hydroxylation is 1. The Hall–Kier alpha value is -2.31. The molecule has 1 atom stereocenters. The van der Waals surface area contributed by atoms with Gasteiger partial charge in [0.05, 0.1) is 5.69 Å². The third kappa shape index (κ3) is 3.59. The summed E-state index contributed by atoms with van der Waals surface area (Å²) in [5, 5.41) is 14.2. The molecule has 7 heteroatoms. The van der Waals surface area contributed by atoms with Crippen molar-refractivity contribution in [3.63, 3.8) is 0 Å². The Morgan fingerprint density at radius 1 is 1.30 bits per heavy atom. The number of aromatic amines is 1. The van der Waals surface area contributed by atoms with E-state index >= 15 is 0 Å². The van der Waals surface area contributed by atoms with Crippen molar-refractivity contribution in [2.45, 2.75) is 33.7 Å². The Morgan fingerprint density at radius 3 is 2.35 bits per heavy atom. The van der Waals surface area contributed by atoms with Gasteiger partial charge < -0.3 is 20.7 Å². The van der Waals surface area contributed by atoms with Crippen molar-refractivity contribution >= 4 is 23.5 Å². The smallest absolute Gasteiger partial charge is 0.339 e. The lowest BCUT2D eigenvalue weighted by atomic mass is 10.0. The van der Waals surface area contributed by atoms with Gasteiger partial charge in [-0.1, -0.05) is 13.8 Å². The first-order valence-corrected chi connectivity index (χ1v) is 6.23. The van der Waals surface area contributed by atoms with Crippen LogP contribution in [0.4, 0.5) is 5.69 Å². The first-order valence-electron chi connectivity index (χ1n) is 6.23. The predicted molar refractivity (Wildman–Crippen MR) is 73.6 cm³/mol. The second-order valence-corrected chi connectivity index (χ2v) is 4.92. The lowest BCUT2D eigenvalue weighted by molar-refractivity contribution is -0.126. The van der Waals surface area contributed by atoms with Gasteiger partial charge >= 0.3 is 5.97 Å². The van der Waals surface area contributed by atoms with Gasteiger partial charge in [-0.15, -0.1) is 0 Å². The first-order chi connectivity index (χ1) is 9.23. The van der Waals surface area contributed by atoms with E-state index in [0.29, 0.717) is 5.69 Å². The fraction of sp³-hybridized carbons (Fsp3) is 0.462. The highest BCUT2D eigenvalue weighted by Crippen LogP contribution is 2.19. The molecule has 0 bridgehead atoms. The van der Waals surface area contributed by atoms with Gasteiger partial charge in [0.2, 0.25) is 11.8 Å². The second-order valence-electron chi connectivity index (χ2n) is 4.92. The number of carbonyl (C=O) groups is 3. The monoisotopic (exact) mass is 281 g/mol. The van der Waals surface area contributed by atoms with Gasteiger partial charge in [0.25, 0.3) is 0 Å². The van der Waals surface area contributed by atoms with Crippen molar-refractivity contribution in [1.82, 2.24) is 10.3 Å². The van der Waals surface area contributed by atoms with Crippen molar-refractivity contribution in [3.05, 3.63) is 17.5 Å². The minimum Gasteiger partial charge on any atom is -0.478 e. The zero-order valence-corrected chi connectivity index (χ0v) is 11.9. The molecule has 0 saturated carbocycles. The van der Waals surface area contributed by atoms with Gasteiger partial charge in [0, 0.05) is 18.8 Å². The molecule has 20 heavy (non-hydrogen) atoms. The maximum absolute atomic E-state index is 12.1. The lowest BCUT2D eigenvalue weighted by Crippen LogP contribution is -2.46. The first kappa shape index (κ1) is 15.7. The fourth-order valence-electron chi connectivity index (χ4n) is 1.87. The second kappa shape index (κ2) is 6.23. The van der Waals surface area contributed by atoms with E-state index in [9.17, 15) is 14.4 Å². The molecule has 0 saturated heterocycles. The SMILES string of the molecule is CC(=O)NC(C(=O)Nc1c[nH]c(C)c1C(=O)O)C(C)C. The molecule has 110 valence electrons. The zero-order valence-electron chi connectivity index (χ0n) is 11.9. The Bertz CT molecular complexity index is 534. The third-order valence-corrected chi connectivity index (χ3v) is 2.86. The average molecular weight is 281 g/mol. The molecule has 0 aliphatic rings. The van der Waals surface area contributed by atoms with Crippen molar-refractivity contribution in [3.8, 4) is 0 Å². The largest absolute Gasteiger partial charge is 0.478 e. The number of hydrogen-bond acceptors (Lipinski definition) is 3. The third-order valence-electron chi connectivity index (χ3n) is 2.86. The van der Waals surface area contributed by atoms with E-state index in [0.717, 1.165) is 0 Å². The molecule has 1 heterocycles. The molecule has 1 unspecified atom stereocenters. The number of hydrogen-bond donors (Lipinski definition) is 4. The molecule has 0 radical (unpaired) electrons. The highest BCUT2D eigenvalue weighted by Gasteiger charge is 2.25. The van der Waals surface area contributed by atoms with Crippen LogP contribution in [0.2, 0.25) is 0 Å². The van der Waals surface area contributed by atoms with Crippen LogP contribution in [-0.2, 0) is 9.59 Å². The summed E-state index contributed by atoms with van der Waals surface area (Å²) in [4.78, 5) is 37.1. The molecule has 2 amide bonds. The summed E-state index contributed by atoms with van der Waals surface area (Å²) >= 11 is 0. The van der Waals surface area contributed by atoms with Gasteiger partial charge in [-0.3, -0.25) is 9.59 Å². The van der Waals surface area contributed by atoms with Crippen LogP contribution in [0.1, 0.15) is 36.8 Å². The van der Waals surface area contributed by atoms with Crippen LogP contribution in [0.25, 0.3) is 0 Å². The van der Waals surface area contributed by atoms with E-state index in [4.69, 9.17) is 5.11 Å². The summed E-state index contributed by atoms with van der Waals surface area (Å²) < 4.78 is 0. The molecule has 1 aromatic heterocycles. The van der Waals surface area contributed by atoms with E-state index in [1.807, 2.05) is 0 Å². The normalized spacial score (nSPS) is 12.1. The fourth-order valence-corrected chi connectivity index (χ4v) is 1.87. The quantitative estimate of drug-likeness (QED) is 0.648. The molecular weight excluding hydrogens is 262 g/mol. The van der Waals surface area contributed by atoms with E-state index in [-0.39, 0.29) is 23.1 Å². The summed E-state index contributed by atoms with van der Waals surface area (Å²) in [6, 6.07) is -0.718. The molecule has 1 rings (SSSR count). The van der Waals surface area contributed by atoms with Gasteiger partial charge in [0.1, 0.15) is 11.6 Å². The van der Waals surface area contributed by atoms with Crippen molar-refractivity contribution in [1.29, 1.82) is 0 Å². The van der Waals surface area contributed by atoms with Crippen molar-refractivity contribution in [2.24, 2.45) is 5.92 Å². The Kier molecular flexibility index (Phi) is 4.90. The molecule has 1 aromatic rings. The summed E-state index contributed by atoms with van der Waals surface area (Å²) in [6.07, 6.45) is 1.42. The molecule has 0 aromatic carbocycles. The highest BCUT2D eigenvalue weighted by molar-refractivity contribution is 6.03. The van der Waals surface area contributed by atoms with Crippen LogP contribution in [-0.4, -0.2) is 33.9 Å². The van der Waals surface area contributed by atoms with E-state index < -0.39 is 17.9 Å². The number of carboxylic acids is 1. The minimum atomic E-state index is -1.13. The zero-order chi connectivity index (χ0) is 15.4. The van der Waals surface area contributed by atoms with Gasteiger partial charge in [0.15, 0.2) is 0 Å². The molecular formula is C13H19N3O4. The molecule has 4 N–H and O–H groups in total. The summed E-state index contributed by atoms with van der Waals surface area (Å²) in [7, 11) is 0. The van der Waals surface area contributed by atoms with Crippen LogP contribution >= 0.6 is 0 Å². The summed E-state index contributed by atoms with van der Waals surface area (Å²) in [5.74, 6) is -2.01. The Balaban J connectivity index is 2.94. The number of aromatic nitrogens is 1. The number of anilines is 1. The number of carbonyl (C=O) groups excluding carboxylic acids is 2. The predicted octanol–water partition coefficient (Wildman–Crippen LogP) is 1.12. The van der Waals surface area contributed by atoms with Crippen LogP contribution in [0.5, 0.6) is 0 Å². The molecule has 0 spiro atoms. The van der Waals surface area contributed by atoms with E-state index in [2.05, 4.69) is 15.6 Å². The number of amides is 2. The van der Waals surface area contributed by atoms with Crippen LogP contribution in [0, 0.1) is 12.8 Å². The van der Waals surface area contributed by atoms with Crippen molar-refractivity contribution < 1.29 is 19.5 Å². The van der Waals surface area contributed by atoms with E-state index in [1.54, 1.807) is 20.8 Å². The van der Waals surface area contributed by atoms with Crippen LogP contribution in [0.15, 0.2) is 6.20 Å². The van der Waals surface area contributed by atoms with Gasteiger partial charge in [-0.2, -0.15) is 0 Å². The summed E-state index contributed by atoms with van der Waals surface area (Å²) in [6.45, 7) is 6.51. The molecule has 0 aliphatic carbocycles. The summed E-state index contributed by atoms with van der Waals surface area (Å²) in [5.41, 5.74) is 0.660. The number of H-pyrrole nitrogens is 1. The van der Waals surface area contributed by atoms with Gasteiger partial charge in [-0.25, -0.2) is 4.79 Å². The maximum Gasteiger partial charge on any atom is 0.339 e. The maximum atomic E-state index is 12.1. The van der Waals surface area contributed by atoms with Crippen LogP contribution in [0.3, 0.4) is 0 Å². The average Bonchev–Trinajstić information content (AvgIpc) is 2.66. The lowest BCUT2D eigenvalue weighted by Gasteiger charge is -2.20. The molecule has 0 aliphatic heterocycles.